The standard InChI is InChI=1S/C21H24N2O5S/c1-6-28-21(25)18-13(3)23-20(29-11-12(2)24)15(10-22)19(18)14-7-8-16(26-4)17(9-14)27-5/h7-9,19,23H,6,11H2,1-5H3. The van der Waals surface area contributed by atoms with Crippen LogP contribution < -0.4 is 14.8 Å². The van der Waals surface area contributed by atoms with Crippen molar-refractivity contribution in [2.24, 2.45) is 0 Å². The Morgan fingerprint density at radius 1 is 1.24 bits per heavy atom. The van der Waals surface area contributed by atoms with Crippen LogP contribution in [0.15, 0.2) is 40.1 Å². The molecule has 154 valence electrons. The van der Waals surface area contributed by atoms with Crippen molar-refractivity contribution in [3.63, 3.8) is 0 Å². The molecular formula is C21H24N2O5S. The molecule has 1 heterocycles. The smallest absolute Gasteiger partial charge is 0.336 e. The van der Waals surface area contributed by atoms with Gasteiger partial charge in [-0.05, 0) is 38.5 Å². The number of Topliss-reactive ketones (excluding diaryl/α,β-unsaturated/α-hetero) is 1. The topological polar surface area (TPSA) is 97.7 Å². The van der Waals surface area contributed by atoms with Gasteiger partial charge in [0.15, 0.2) is 11.5 Å². The summed E-state index contributed by atoms with van der Waals surface area (Å²) in [7, 11) is 3.06. The molecule has 1 aliphatic rings. The van der Waals surface area contributed by atoms with E-state index in [-0.39, 0.29) is 18.1 Å². The van der Waals surface area contributed by atoms with Gasteiger partial charge in [-0.3, -0.25) is 4.79 Å². The molecule has 1 atom stereocenters. The lowest BCUT2D eigenvalue weighted by molar-refractivity contribution is -0.138. The molecule has 0 aromatic heterocycles. The fourth-order valence-electron chi connectivity index (χ4n) is 3.05. The highest BCUT2D eigenvalue weighted by Crippen LogP contribution is 2.43. The van der Waals surface area contributed by atoms with Gasteiger partial charge in [-0.15, -0.1) is 0 Å². The second kappa shape index (κ2) is 10.0. The Labute approximate surface area is 174 Å². The van der Waals surface area contributed by atoms with Gasteiger partial charge in [0.05, 0.1) is 54.7 Å². The zero-order valence-corrected chi connectivity index (χ0v) is 17.9. The largest absolute Gasteiger partial charge is 0.493 e. The summed E-state index contributed by atoms with van der Waals surface area (Å²) in [6.45, 7) is 5.18. The van der Waals surface area contributed by atoms with Crippen LogP contribution in [0.1, 0.15) is 32.3 Å². The highest BCUT2D eigenvalue weighted by Gasteiger charge is 2.36. The van der Waals surface area contributed by atoms with Gasteiger partial charge in [0, 0.05) is 5.70 Å². The number of dihydropyridines is 1. The molecule has 0 saturated carbocycles. The predicted octanol–water partition coefficient (Wildman–Crippen LogP) is 3.29. The SMILES string of the molecule is CCOC(=O)C1=C(C)NC(SCC(C)=O)=C(C#N)C1c1ccc(OC)c(OC)c1. The number of carbonyl (C=O) groups excluding carboxylic acids is 2. The molecule has 1 N–H and O–H groups in total. The minimum atomic E-state index is -0.658. The van der Waals surface area contributed by atoms with E-state index in [9.17, 15) is 14.9 Å². The first kappa shape index (κ1) is 22.4. The van der Waals surface area contributed by atoms with Gasteiger partial charge in [-0.1, -0.05) is 17.8 Å². The number of esters is 1. The maximum atomic E-state index is 12.7. The number of allylic oxidation sites excluding steroid dienone is 2. The van der Waals surface area contributed by atoms with Crippen LogP contribution in [0.25, 0.3) is 0 Å². The highest BCUT2D eigenvalue weighted by molar-refractivity contribution is 8.03. The molecule has 1 aromatic carbocycles. The molecule has 0 radical (unpaired) electrons. The van der Waals surface area contributed by atoms with E-state index in [0.717, 1.165) is 0 Å². The first-order chi connectivity index (χ1) is 13.9. The van der Waals surface area contributed by atoms with Crippen molar-refractivity contribution in [3.05, 3.63) is 45.6 Å². The highest BCUT2D eigenvalue weighted by atomic mass is 32.2. The molecule has 0 bridgehead atoms. The lowest BCUT2D eigenvalue weighted by Crippen LogP contribution is -2.29. The maximum absolute atomic E-state index is 12.7. The molecule has 1 aliphatic heterocycles. The summed E-state index contributed by atoms with van der Waals surface area (Å²) in [4.78, 5) is 24.2. The maximum Gasteiger partial charge on any atom is 0.336 e. The first-order valence-corrected chi connectivity index (χ1v) is 9.99. The van der Waals surface area contributed by atoms with Gasteiger partial charge in [-0.25, -0.2) is 4.79 Å². The fourth-order valence-corrected chi connectivity index (χ4v) is 3.94. The van der Waals surface area contributed by atoms with Crippen molar-refractivity contribution in [1.29, 1.82) is 5.26 Å². The second-order valence-electron chi connectivity index (χ2n) is 6.28. The van der Waals surface area contributed by atoms with Crippen molar-refractivity contribution in [2.75, 3.05) is 26.6 Å². The van der Waals surface area contributed by atoms with E-state index in [1.165, 1.54) is 32.9 Å². The molecular weight excluding hydrogens is 392 g/mol. The number of nitriles is 1. The average molecular weight is 416 g/mol. The van der Waals surface area contributed by atoms with Crippen molar-refractivity contribution >= 4 is 23.5 Å². The van der Waals surface area contributed by atoms with Crippen LogP contribution in [0, 0.1) is 11.3 Å². The number of nitrogens with one attached hydrogen (secondary N) is 1. The lowest BCUT2D eigenvalue weighted by atomic mass is 9.82. The number of nitrogens with zero attached hydrogens (tertiary/aromatic N) is 1. The third-order valence-corrected chi connectivity index (χ3v) is 5.47. The van der Waals surface area contributed by atoms with Gasteiger partial charge in [0.1, 0.15) is 5.78 Å². The summed E-state index contributed by atoms with van der Waals surface area (Å²) in [5, 5.41) is 13.6. The number of ether oxygens (including phenoxy) is 3. The van der Waals surface area contributed by atoms with E-state index in [1.807, 2.05) is 0 Å². The van der Waals surface area contributed by atoms with Crippen LogP contribution in [-0.2, 0) is 14.3 Å². The molecule has 8 heteroatoms. The molecule has 7 nitrogen and oxygen atoms in total. The van der Waals surface area contributed by atoms with Gasteiger partial charge >= 0.3 is 5.97 Å². The van der Waals surface area contributed by atoms with E-state index in [1.54, 1.807) is 32.0 Å². The molecule has 0 amide bonds. The van der Waals surface area contributed by atoms with Gasteiger partial charge in [-0.2, -0.15) is 5.26 Å². The van der Waals surface area contributed by atoms with Gasteiger partial charge in [0.2, 0.25) is 0 Å². The Morgan fingerprint density at radius 3 is 2.48 bits per heavy atom. The Morgan fingerprint density at radius 2 is 1.93 bits per heavy atom. The number of ketones is 1. The molecule has 1 unspecified atom stereocenters. The third kappa shape index (κ3) is 4.93. The van der Waals surface area contributed by atoms with E-state index in [0.29, 0.717) is 38.9 Å². The first-order valence-electron chi connectivity index (χ1n) is 9.01. The van der Waals surface area contributed by atoms with E-state index >= 15 is 0 Å². The van der Waals surface area contributed by atoms with Crippen molar-refractivity contribution in [2.45, 2.75) is 26.7 Å². The summed E-state index contributed by atoms with van der Waals surface area (Å²) in [6.07, 6.45) is 0. The van der Waals surface area contributed by atoms with Crippen molar-refractivity contribution < 1.29 is 23.8 Å². The van der Waals surface area contributed by atoms with E-state index in [2.05, 4.69) is 11.4 Å². The summed E-state index contributed by atoms with van der Waals surface area (Å²) < 4.78 is 15.9. The average Bonchev–Trinajstić information content (AvgIpc) is 2.71. The Balaban J connectivity index is 2.66. The number of hydrogen-bond donors (Lipinski definition) is 1. The minimum Gasteiger partial charge on any atom is -0.493 e. The minimum absolute atomic E-state index is 0.0120. The number of thioether (sulfide) groups is 1. The van der Waals surface area contributed by atoms with Crippen LogP contribution in [-0.4, -0.2) is 38.3 Å². The van der Waals surface area contributed by atoms with Crippen LogP contribution in [0.5, 0.6) is 11.5 Å². The second-order valence-corrected chi connectivity index (χ2v) is 7.26. The van der Waals surface area contributed by atoms with Crippen molar-refractivity contribution in [3.8, 4) is 17.6 Å². The molecule has 0 spiro atoms. The number of hydrogen-bond acceptors (Lipinski definition) is 8. The quantitative estimate of drug-likeness (QED) is 0.645. The normalized spacial score (nSPS) is 16.1. The van der Waals surface area contributed by atoms with E-state index < -0.39 is 11.9 Å². The summed E-state index contributed by atoms with van der Waals surface area (Å²) in [5.41, 5.74) is 1.96. The van der Waals surface area contributed by atoms with Crippen LogP contribution >= 0.6 is 11.8 Å². The van der Waals surface area contributed by atoms with E-state index in [4.69, 9.17) is 14.2 Å². The predicted molar refractivity (Wildman–Crippen MR) is 111 cm³/mol. The number of carbonyl (C=O) groups is 2. The molecule has 1 aromatic rings. The molecule has 0 aliphatic carbocycles. The Hall–Kier alpha value is -2.92. The number of rotatable bonds is 8. The van der Waals surface area contributed by atoms with Crippen LogP contribution in [0.2, 0.25) is 0 Å². The zero-order chi connectivity index (χ0) is 21.6. The summed E-state index contributed by atoms with van der Waals surface area (Å²) in [6, 6.07) is 7.47. The van der Waals surface area contributed by atoms with Crippen molar-refractivity contribution in [1.82, 2.24) is 5.32 Å². The Kier molecular flexibility index (Phi) is 7.74. The molecule has 29 heavy (non-hydrogen) atoms. The van der Waals surface area contributed by atoms with Crippen LogP contribution in [0.4, 0.5) is 0 Å². The fraction of sp³-hybridized carbons (Fsp3) is 0.381. The van der Waals surface area contributed by atoms with Gasteiger partial charge in [0.25, 0.3) is 0 Å². The Bertz CT molecular complexity index is 914. The summed E-state index contributed by atoms with van der Waals surface area (Å²) in [5.74, 6) is 0.0722. The van der Waals surface area contributed by atoms with Crippen LogP contribution in [0.3, 0.4) is 0 Å². The number of methoxy groups -OCH3 is 2. The van der Waals surface area contributed by atoms with Gasteiger partial charge < -0.3 is 19.5 Å². The monoisotopic (exact) mass is 416 g/mol. The lowest BCUT2D eigenvalue weighted by Gasteiger charge is -2.29. The molecule has 0 fully saturated rings. The zero-order valence-electron chi connectivity index (χ0n) is 17.1. The molecule has 2 rings (SSSR count). The molecule has 0 saturated heterocycles. The summed E-state index contributed by atoms with van der Waals surface area (Å²) >= 11 is 1.24. The third-order valence-electron chi connectivity index (χ3n) is 4.30. The number of benzene rings is 1.